The van der Waals surface area contributed by atoms with Crippen LogP contribution in [0.1, 0.15) is 47.7 Å². The first-order valence-corrected chi connectivity index (χ1v) is 11.2. The third-order valence-electron chi connectivity index (χ3n) is 7.11. The van der Waals surface area contributed by atoms with E-state index in [9.17, 15) is 4.79 Å². The van der Waals surface area contributed by atoms with Gasteiger partial charge in [-0.1, -0.05) is 24.3 Å². The van der Waals surface area contributed by atoms with E-state index >= 15 is 0 Å². The third kappa shape index (κ3) is 3.66. The normalized spacial score (nSPS) is 24.7. The maximum atomic E-state index is 12.8. The highest BCUT2D eigenvalue weighted by Gasteiger charge is 2.33. The number of anilines is 1. The maximum Gasteiger partial charge on any atom is 0.254 e. The number of carbonyl (C=O) groups is 1. The molecule has 0 aromatic heterocycles. The predicted molar refractivity (Wildman–Crippen MR) is 117 cm³/mol. The Kier molecular flexibility index (Phi) is 5.04. The molecular weight excluding hydrogens is 358 g/mol. The summed E-state index contributed by atoms with van der Waals surface area (Å²) in [6.07, 6.45) is 4.94. The molecular formula is C25H31N3O. The molecule has 29 heavy (non-hydrogen) atoms. The van der Waals surface area contributed by atoms with E-state index in [1.807, 2.05) is 35.2 Å². The second-order valence-corrected chi connectivity index (χ2v) is 8.91. The Hall–Kier alpha value is -2.33. The summed E-state index contributed by atoms with van der Waals surface area (Å²) in [6, 6.07) is 18.0. The van der Waals surface area contributed by atoms with Crippen molar-refractivity contribution in [2.24, 2.45) is 0 Å². The number of nitrogens with zero attached hydrogens (tertiary/aromatic N) is 3. The highest BCUT2D eigenvalue weighted by Crippen LogP contribution is 2.31. The molecule has 3 heterocycles. The molecule has 2 aromatic rings. The molecule has 2 saturated heterocycles. The van der Waals surface area contributed by atoms with Gasteiger partial charge in [0.1, 0.15) is 0 Å². The fourth-order valence-corrected chi connectivity index (χ4v) is 5.42. The van der Waals surface area contributed by atoms with E-state index < -0.39 is 0 Å². The third-order valence-corrected chi connectivity index (χ3v) is 7.11. The lowest BCUT2D eigenvalue weighted by molar-refractivity contribution is 0.0734. The van der Waals surface area contributed by atoms with Gasteiger partial charge in [-0.2, -0.15) is 0 Å². The number of hydrogen-bond donors (Lipinski definition) is 0. The number of carbonyl (C=O) groups excluding carboxylic acids is 1. The molecule has 0 N–H and O–H groups in total. The van der Waals surface area contributed by atoms with Crippen LogP contribution in [0.5, 0.6) is 0 Å². The van der Waals surface area contributed by atoms with Gasteiger partial charge in [0.2, 0.25) is 0 Å². The molecule has 4 heteroatoms. The fourth-order valence-electron chi connectivity index (χ4n) is 5.42. The van der Waals surface area contributed by atoms with Crippen molar-refractivity contribution in [3.8, 4) is 0 Å². The van der Waals surface area contributed by atoms with Gasteiger partial charge in [-0.3, -0.25) is 9.69 Å². The number of rotatable bonds is 3. The lowest BCUT2D eigenvalue weighted by Gasteiger charge is -2.31. The summed E-state index contributed by atoms with van der Waals surface area (Å²) in [5, 5.41) is 0. The SMILES string of the molecule is CC1CCCN1C1CCN(c2ccc3c(c2)CCN(C(=O)c2ccccc2)C3)C1. The number of hydrogen-bond acceptors (Lipinski definition) is 3. The summed E-state index contributed by atoms with van der Waals surface area (Å²) in [7, 11) is 0. The smallest absolute Gasteiger partial charge is 0.254 e. The van der Waals surface area contributed by atoms with Crippen LogP contribution in [0.4, 0.5) is 5.69 Å². The summed E-state index contributed by atoms with van der Waals surface area (Å²) in [5.41, 5.74) is 4.86. The van der Waals surface area contributed by atoms with E-state index in [2.05, 4.69) is 34.9 Å². The zero-order valence-electron chi connectivity index (χ0n) is 17.4. The van der Waals surface area contributed by atoms with Crippen molar-refractivity contribution in [2.45, 2.75) is 51.2 Å². The van der Waals surface area contributed by atoms with E-state index in [1.54, 1.807) is 0 Å². The van der Waals surface area contributed by atoms with Crippen LogP contribution in [0.15, 0.2) is 48.5 Å². The molecule has 152 valence electrons. The molecule has 2 atom stereocenters. The quantitative estimate of drug-likeness (QED) is 0.795. The first-order chi connectivity index (χ1) is 14.2. The zero-order valence-corrected chi connectivity index (χ0v) is 17.4. The first-order valence-electron chi connectivity index (χ1n) is 11.2. The van der Waals surface area contributed by atoms with E-state index in [0.717, 1.165) is 44.2 Å². The zero-order chi connectivity index (χ0) is 19.8. The number of benzene rings is 2. The van der Waals surface area contributed by atoms with Crippen LogP contribution >= 0.6 is 0 Å². The van der Waals surface area contributed by atoms with Crippen LogP contribution < -0.4 is 4.90 Å². The molecule has 2 aromatic carbocycles. The Morgan fingerprint density at radius 3 is 2.62 bits per heavy atom. The average molecular weight is 390 g/mol. The van der Waals surface area contributed by atoms with Crippen LogP contribution in [-0.4, -0.2) is 54.0 Å². The van der Waals surface area contributed by atoms with Crippen LogP contribution in [0, 0.1) is 0 Å². The van der Waals surface area contributed by atoms with E-state index in [-0.39, 0.29) is 5.91 Å². The standard InChI is InChI=1S/C25H31N3O/c1-19-6-5-13-28(19)24-12-15-26(18-24)23-10-9-22-17-27(14-11-21(22)16-23)25(29)20-7-3-2-4-8-20/h2-4,7-10,16,19,24H,5-6,11-15,17-18H2,1H3. The summed E-state index contributed by atoms with van der Waals surface area (Å²) >= 11 is 0. The van der Waals surface area contributed by atoms with Gasteiger partial charge in [-0.25, -0.2) is 0 Å². The Bertz CT molecular complexity index is 881. The fraction of sp³-hybridized carbons (Fsp3) is 0.480. The molecule has 1 amide bonds. The van der Waals surface area contributed by atoms with Gasteiger partial charge >= 0.3 is 0 Å². The minimum absolute atomic E-state index is 0.141. The Morgan fingerprint density at radius 2 is 1.83 bits per heavy atom. The van der Waals surface area contributed by atoms with Crippen LogP contribution in [0.3, 0.4) is 0 Å². The summed E-state index contributed by atoms with van der Waals surface area (Å²) in [4.78, 5) is 20.1. The van der Waals surface area contributed by atoms with Gasteiger partial charge in [0.15, 0.2) is 0 Å². The number of fused-ring (bicyclic) bond motifs is 1. The lowest BCUT2D eigenvalue weighted by atomic mass is 9.98. The van der Waals surface area contributed by atoms with Crippen LogP contribution in [0.25, 0.3) is 0 Å². The molecule has 4 nitrogen and oxygen atoms in total. The van der Waals surface area contributed by atoms with E-state index in [4.69, 9.17) is 0 Å². The van der Waals surface area contributed by atoms with Crippen molar-refractivity contribution in [1.29, 1.82) is 0 Å². The van der Waals surface area contributed by atoms with Gasteiger partial charge in [0, 0.05) is 49.5 Å². The summed E-state index contributed by atoms with van der Waals surface area (Å²) < 4.78 is 0. The molecule has 2 fully saturated rings. The Morgan fingerprint density at radius 1 is 0.966 bits per heavy atom. The van der Waals surface area contributed by atoms with Crippen LogP contribution in [0.2, 0.25) is 0 Å². The van der Waals surface area contributed by atoms with Gasteiger partial charge in [0.25, 0.3) is 5.91 Å². The maximum absolute atomic E-state index is 12.8. The predicted octanol–water partition coefficient (Wildman–Crippen LogP) is 3.95. The van der Waals surface area contributed by atoms with Gasteiger partial charge in [-0.15, -0.1) is 0 Å². The molecule has 0 spiro atoms. The molecule has 0 aliphatic carbocycles. The van der Waals surface area contributed by atoms with Crippen LogP contribution in [-0.2, 0) is 13.0 Å². The lowest BCUT2D eigenvalue weighted by Crippen LogP contribution is -2.39. The average Bonchev–Trinajstić information content (AvgIpc) is 3.42. The second kappa shape index (κ2) is 7.83. The molecule has 5 rings (SSSR count). The molecule has 0 bridgehead atoms. The van der Waals surface area contributed by atoms with Crippen molar-refractivity contribution >= 4 is 11.6 Å². The van der Waals surface area contributed by atoms with Gasteiger partial charge < -0.3 is 9.80 Å². The molecule has 3 aliphatic heterocycles. The van der Waals surface area contributed by atoms with E-state index in [0.29, 0.717) is 6.04 Å². The van der Waals surface area contributed by atoms with Gasteiger partial charge in [0.05, 0.1) is 0 Å². The minimum atomic E-state index is 0.141. The Balaban J connectivity index is 1.26. The Labute approximate surface area is 174 Å². The summed E-state index contributed by atoms with van der Waals surface area (Å²) in [5.74, 6) is 0.141. The number of likely N-dealkylation sites (tertiary alicyclic amines) is 1. The van der Waals surface area contributed by atoms with E-state index in [1.165, 1.54) is 42.6 Å². The highest BCUT2D eigenvalue weighted by atomic mass is 16.2. The largest absolute Gasteiger partial charge is 0.370 e. The monoisotopic (exact) mass is 389 g/mol. The highest BCUT2D eigenvalue weighted by molar-refractivity contribution is 5.94. The van der Waals surface area contributed by atoms with Crippen molar-refractivity contribution in [3.63, 3.8) is 0 Å². The second-order valence-electron chi connectivity index (χ2n) is 8.91. The summed E-state index contributed by atoms with van der Waals surface area (Å²) in [6.45, 7) is 7.49. The topological polar surface area (TPSA) is 26.8 Å². The van der Waals surface area contributed by atoms with Crippen molar-refractivity contribution in [2.75, 3.05) is 31.1 Å². The molecule has 0 saturated carbocycles. The van der Waals surface area contributed by atoms with Crippen molar-refractivity contribution < 1.29 is 4.79 Å². The molecule has 2 unspecified atom stereocenters. The minimum Gasteiger partial charge on any atom is -0.370 e. The van der Waals surface area contributed by atoms with Crippen molar-refractivity contribution in [3.05, 3.63) is 65.2 Å². The van der Waals surface area contributed by atoms with Gasteiger partial charge in [-0.05, 0) is 74.5 Å². The number of amides is 1. The molecule has 0 radical (unpaired) electrons. The molecule has 3 aliphatic rings. The first kappa shape index (κ1) is 18.7. The van der Waals surface area contributed by atoms with Crippen molar-refractivity contribution in [1.82, 2.24) is 9.80 Å².